The summed E-state index contributed by atoms with van der Waals surface area (Å²) in [6.07, 6.45) is 6.85. The molecule has 0 saturated carbocycles. The van der Waals surface area contributed by atoms with Gasteiger partial charge in [0.1, 0.15) is 0 Å². The Morgan fingerprint density at radius 2 is 1.80 bits per heavy atom. The molecular weight excluding hydrogens is 451 g/mol. The molecule has 2 nitrogen and oxygen atoms in total. The number of aryl methyl sites for hydroxylation is 1. The quantitative estimate of drug-likeness (QED) is 0.214. The lowest BCUT2D eigenvalue weighted by atomic mass is 10.0. The van der Waals surface area contributed by atoms with Crippen molar-refractivity contribution in [2.75, 3.05) is 18.1 Å². The van der Waals surface area contributed by atoms with E-state index < -0.39 is 0 Å². The molecule has 2 aromatic carbocycles. The van der Waals surface area contributed by atoms with E-state index in [-0.39, 0.29) is 0 Å². The SMILES string of the molecule is C=C(Nc1ccc(CCCCCNSC)cc1)c1cc(Cl)ccc1-c1ccc(Cl)s1. The van der Waals surface area contributed by atoms with E-state index in [0.29, 0.717) is 5.02 Å². The summed E-state index contributed by atoms with van der Waals surface area (Å²) in [5.41, 5.74) is 5.24. The Bertz CT molecular complexity index is 968. The molecule has 0 atom stereocenters. The van der Waals surface area contributed by atoms with Gasteiger partial charge < -0.3 is 5.32 Å². The largest absolute Gasteiger partial charge is 0.356 e. The van der Waals surface area contributed by atoms with E-state index in [2.05, 4.69) is 47.1 Å². The number of thiophene rings is 1. The number of unbranched alkanes of at least 4 members (excludes halogenated alkanes) is 2. The van der Waals surface area contributed by atoms with Crippen LogP contribution in [0.2, 0.25) is 9.36 Å². The summed E-state index contributed by atoms with van der Waals surface area (Å²) in [5.74, 6) is 0. The Hall–Kier alpha value is -1.43. The van der Waals surface area contributed by atoms with Gasteiger partial charge >= 0.3 is 0 Å². The van der Waals surface area contributed by atoms with Crippen molar-refractivity contribution >= 4 is 57.9 Å². The van der Waals surface area contributed by atoms with E-state index >= 15 is 0 Å². The second-order valence-electron chi connectivity index (χ2n) is 7.00. The van der Waals surface area contributed by atoms with Gasteiger partial charge in [-0.2, -0.15) is 0 Å². The first-order valence-corrected chi connectivity index (χ1v) is 12.7. The molecule has 3 rings (SSSR count). The Labute approximate surface area is 197 Å². The lowest BCUT2D eigenvalue weighted by Gasteiger charge is -2.14. The van der Waals surface area contributed by atoms with Crippen molar-refractivity contribution < 1.29 is 0 Å². The normalized spacial score (nSPS) is 10.9. The molecule has 1 heterocycles. The van der Waals surface area contributed by atoms with Crippen molar-refractivity contribution in [2.24, 2.45) is 0 Å². The molecule has 0 saturated heterocycles. The third-order valence-corrected chi connectivity index (χ3v) is 6.78. The molecule has 158 valence electrons. The maximum atomic E-state index is 6.27. The first-order valence-electron chi connectivity index (χ1n) is 9.93. The van der Waals surface area contributed by atoms with Crippen LogP contribution >= 0.6 is 46.5 Å². The minimum absolute atomic E-state index is 0.683. The zero-order valence-electron chi connectivity index (χ0n) is 17.0. The second kappa shape index (κ2) is 11.8. The van der Waals surface area contributed by atoms with Crippen LogP contribution < -0.4 is 10.0 Å². The molecule has 1 aromatic heterocycles. The van der Waals surface area contributed by atoms with Crippen LogP contribution in [-0.4, -0.2) is 12.8 Å². The topological polar surface area (TPSA) is 24.1 Å². The number of nitrogens with one attached hydrogen (secondary N) is 2. The molecule has 0 spiro atoms. The van der Waals surface area contributed by atoms with Crippen molar-refractivity contribution in [2.45, 2.75) is 25.7 Å². The molecule has 0 fully saturated rings. The van der Waals surface area contributed by atoms with Crippen LogP contribution in [0.25, 0.3) is 16.1 Å². The zero-order chi connectivity index (χ0) is 21.3. The third-order valence-electron chi connectivity index (χ3n) is 4.78. The number of benzene rings is 2. The smallest absolute Gasteiger partial charge is 0.0934 e. The molecule has 0 radical (unpaired) electrons. The van der Waals surface area contributed by atoms with Crippen molar-refractivity contribution in [3.05, 3.63) is 81.7 Å². The van der Waals surface area contributed by atoms with Crippen LogP contribution in [0.4, 0.5) is 5.69 Å². The summed E-state index contributed by atoms with van der Waals surface area (Å²) in [7, 11) is 0. The lowest BCUT2D eigenvalue weighted by Crippen LogP contribution is -2.04. The van der Waals surface area contributed by atoms with E-state index in [9.17, 15) is 0 Å². The van der Waals surface area contributed by atoms with Crippen LogP contribution in [-0.2, 0) is 6.42 Å². The third kappa shape index (κ3) is 6.79. The Morgan fingerprint density at radius 3 is 2.50 bits per heavy atom. The molecule has 3 aromatic rings. The van der Waals surface area contributed by atoms with Gasteiger partial charge in [0, 0.05) is 39.0 Å². The van der Waals surface area contributed by atoms with E-state index in [0.717, 1.165) is 44.7 Å². The summed E-state index contributed by atoms with van der Waals surface area (Å²) in [6.45, 7) is 5.33. The van der Waals surface area contributed by atoms with Crippen molar-refractivity contribution in [1.29, 1.82) is 0 Å². The Kier molecular flexibility index (Phi) is 9.16. The summed E-state index contributed by atoms with van der Waals surface area (Å²) < 4.78 is 4.06. The van der Waals surface area contributed by atoms with E-state index in [1.165, 1.54) is 24.8 Å². The highest BCUT2D eigenvalue weighted by molar-refractivity contribution is 7.96. The molecule has 0 amide bonds. The molecule has 6 heteroatoms. The molecular formula is C24H26Cl2N2S2. The number of hydrogen-bond donors (Lipinski definition) is 2. The number of rotatable bonds is 11. The first kappa shape index (κ1) is 23.2. The monoisotopic (exact) mass is 476 g/mol. The minimum Gasteiger partial charge on any atom is -0.356 e. The summed E-state index contributed by atoms with van der Waals surface area (Å²) in [5, 5.41) is 4.11. The van der Waals surface area contributed by atoms with Gasteiger partial charge in [-0.25, -0.2) is 0 Å². The van der Waals surface area contributed by atoms with E-state index in [1.807, 2.05) is 30.3 Å². The predicted molar refractivity (Wildman–Crippen MR) is 138 cm³/mol. The van der Waals surface area contributed by atoms with Gasteiger partial charge in [0.05, 0.1) is 4.34 Å². The average molecular weight is 478 g/mol. The average Bonchev–Trinajstić information content (AvgIpc) is 3.17. The Balaban J connectivity index is 1.62. The molecule has 0 aliphatic carbocycles. The molecule has 0 bridgehead atoms. The van der Waals surface area contributed by atoms with Gasteiger partial charge in [0.25, 0.3) is 0 Å². The number of hydrogen-bond acceptors (Lipinski definition) is 4. The number of halogens is 2. The van der Waals surface area contributed by atoms with E-state index in [4.69, 9.17) is 23.2 Å². The molecule has 0 unspecified atom stereocenters. The molecule has 0 aliphatic rings. The highest BCUT2D eigenvalue weighted by Gasteiger charge is 2.12. The van der Waals surface area contributed by atoms with Gasteiger partial charge in [-0.1, -0.05) is 66.3 Å². The minimum atomic E-state index is 0.683. The fourth-order valence-electron chi connectivity index (χ4n) is 3.24. The zero-order valence-corrected chi connectivity index (χ0v) is 20.2. The fraction of sp³-hybridized carbons (Fsp3) is 0.250. The number of anilines is 1. The van der Waals surface area contributed by atoms with Gasteiger partial charge in [0.2, 0.25) is 0 Å². The van der Waals surface area contributed by atoms with Crippen molar-refractivity contribution in [1.82, 2.24) is 4.72 Å². The molecule has 2 N–H and O–H groups in total. The standard InChI is InChI=1S/C24H26Cl2N2S2/c1-17(22-16-19(25)9-12-21(22)23-13-14-24(26)30-23)28-20-10-7-18(8-11-20)6-4-3-5-15-27-29-2/h7-14,16,27-28H,1,3-6,15H2,2H3. The summed E-state index contributed by atoms with van der Waals surface area (Å²) >= 11 is 15.6. The van der Waals surface area contributed by atoms with Crippen LogP contribution in [0.5, 0.6) is 0 Å². The van der Waals surface area contributed by atoms with Crippen LogP contribution in [0.3, 0.4) is 0 Å². The van der Waals surface area contributed by atoms with Crippen LogP contribution in [0, 0.1) is 0 Å². The fourth-order valence-corrected chi connectivity index (χ4v) is 4.84. The first-order chi connectivity index (χ1) is 14.6. The Morgan fingerprint density at radius 1 is 1.00 bits per heavy atom. The lowest BCUT2D eigenvalue weighted by molar-refractivity contribution is 0.674. The van der Waals surface area contributed by atoms with Gasteiger partial charge in [0.15, 0.2) is 0 Å². The maximum Gasteiger partial charge on any atom is 0.0934 e. The highest BCUT2D eigenvalue weighted by Crippen LogP contribution is 2.37. The van der Waals surface area contributed by atoms with Crippen LogP contribution in [0.1, 0.15) is 30.4 Å². The van der Waals surface area contributed by atoms with E-state index in [1.54, 1.807) is 23.3 Å². The summed E-state index contributed by atoms with van der Waals surface area (Å²) in [4.78, 5) is 1.10. The van der Waals surface area contributed by atoms with Crippen molar-refractivity contribution in [3.8, 4) is 10.4 Å². The molecule has 0 aliphatic heterocycles. The van der Waals surface area contributed by atoms with Crippen LogP contribution in [0.15, 0.2) is 61.2 Å². The van der Waals surface area contributed by atoms with Gasteiger partial charge in [-0.15, -0.1) is 11.3 Å². The van der Waals surface area contributed by atoms with Gasteiger partial charge in [-0.05, 0) is 67.5 Å². The highest BCUT2D eigenvalue weighted by atomic mass is 35.5. The van der Waals surface area contributed by atoms with Gasteiger partial charge in [-0.3, -0.25) is 4.72 Å². The maximum absolute atomic E-state index is 6.27. The summed E-state index contributed by atoms with van der Waals surface area (Å²) in [6, 6.07) is 18.4. The van der Waals surface area contributed by atoms with Crippen molar-refractivity contribution in [3.63, 3.8) is 0 Å². The predicted octanol–water partition coefficient (Wildman–Crippen LogP) is 8.39. The molecule has 30 heavy (non-hydrogen) atoms. The second-order valence-corrected chi connectivity index (χ2v) is 9.85.